The van der Waals surface area contributed by atoms with E-state index in [4.69, 9.17) is 55.9 Å². The van der Waals surface area contributed by atoms with Gasteiger partial charge in [-0.3, -0.25) is 9.59 Å². The maximum absolute atomic E-state index is 11.3. The highest BCUT2D eigenvalue weighted by Crippen LogP contribution is 2.43. The minimum atomic E-state index is -0.612. The van der Waals surface area contributed by atoms with Gasteiger partial charge in [0.2, 0.25) is 0 Å². The molecule has 2 aromatic carbocycles. The molecule has 2 rings (SSSR count). The monoisotopic (exact) mass is 438 g/mol. The van der Waals surface area contributed by atoms with Crippen molar-refractivity contribution in [1.82, 2.24) is 0 Å². The largest absolute Gasteiger partial charge is 0.424 e. The maximum Gasteiger partial charge on any atom is 0.326 e. The number of benzene rings is 2. The second-order valence-electron chi connectivity index (χ2n) is 4.45. The number of carbonyl (C=O) groups is 2. The summed E-state index contributed by atoms with van der Waals surface area (Å²) in [7, 11) is 0. The number of hydrogen-bond donors (Lipinski definition) is 0. The Morgan fingerprint density at radius 3 is 1.56 bits per heavy atom. The summed E-state index contributed by atoms with van der Waals surface area (Å²) in [5.74, 6) is -1.41. The van der Waals surface area contributed by atoms with Crippen LogP contribution < -0.4 is 9.47 Å². The predicted octanol–water partition coefficient (Wildman–Crippen LogP) is 5.43. The summed E-state index contributed by atoms with van der Waals surface area (Å²) in [6.07, 6.45) is 0. The van der Waals surface area contributed by atoms with Gasteiger partial charge >= 0.3 is 11.9 Å². The van der Waals surface area contributed by atoms with Gasteiger partial charge < -0.3 is 9.47 Å². The molecule has 0 saturated carbocycles. The lowest BCUT2D eigenvalue weighted by Gasteiger charge is -2.11. The standard InChI is InChI=1S/C16H10Cl4O4S/c17-7-13(21)23-9-3-1-5-11(15(9)19)25-12-6-2-4-10(16(12)20)24-14(22)8-18/h1-6H,7-8H2. The number of esters is 2. The first kappa shape index (κ1) is 20.2. The smallest absolute Gasteiger partial charge is 0.326 e. The zero-order valence-electron chi connectivity index (χ0n) is 12.4. The molecule has 0 N–H and O–H groups in total. The highest BCUT2D eigenvalue weighted by Gasteiger charge is 2.16. The first-order valence-electron chi connectivity index (χ1n) is 6.74. The SMILES string of the molecule is O=C(CCl)Oc1cccc(Sc2cccc(OC(=O)CCl)c2Cl)c1Cl. The average Bonchev–Trinajstić information content (AvgIpc) is 2.61. The van der Waals surface area contributed by atoms with Gasteiger partial charge in [0.25, 0.3) is 0 Å². The lowest BCUT2D eigenvalue weighted by atomic mass is 10.3. The van der Waals surface area contributed by atoms with Crippen molar-refractivity contribution in [2.45, 2.75) is 9.79 Å². The molecule has 0 amide bonds. The molecule has 0 bridgehead atoms. The molecule has 4 nitrogen and oxygen atoms in total. The van der Waals surface area contributed by atoms with E-state index in [2.05, 4.69) is 0 Å². The predicted molar refractivity (Wildman–Crippen MR) is 99.7 cm³/mol. The summed E-state index contributed by atoms with van der Waals surface area (Å²) in [5, 5.41) is 0.482. The van der Waals surface area contributed by atoms with Gasteiger partial charge in [0.15, 0.2) is 11.5 Å². The van der Waals surface area contributed by atoms with Crippen molar-refractivity contribution < 1.29 is 19.1 Å². The fraction of sp³-hybridized carbons (Fsp3) is 0.125. The third-order valence-electron chi connectivity index (χ3n) is 2.74. The molecule has 0 atom stereocenters. The van der Waals surface area contributed by atoms with Gasteiger partial charge in [-0.25, -0.2) is 0 Å². The molecule has 0 spiro atoms. The molecule has 0 aromatic heterocycles. The van der Waals surface area contributed by atoms with Crippen molar-refractivity contribution in [3.63, 3.8) is 0 Å². The average molecular weight is 440 g/mol. The van der Waals surface area contributed by atoms with E-state index in [1.54, 1.807) is 36.4 Å². The van der Waals surface area contributed by atoms with Crippen LogP contribution in [0.2, 0.25) is 10.0 Å². The number of hydrogen-bond acceptors (Lipinski definition) is 5. The second-order valence-corrected chi connectivity index (χ2v) is 6.83. The Morgan fingerprint density at radius 1 is 0.800 bits per heavy atom. The summed E-state index contributed by atoms with van der Waals surface area (Å²) in [5.41, 5.74) is 0. The number of ether oxygens (including phenoxy) is 2. The minimum Gasteiger partial charge on any atom is -0.424 e. The summed E-state index contributed by atoms with van der Waals surface area (Å²) in [4.78, 5) is 23.9. The molecule has 0 heterocycles. The molecule has 0 fully saturated rings. The molecular weight excluding hydrogens is 430 g/mol. The molecular formula is C16H10Cl4O4S. The van der Waals surface area contributed by atoms with Crippen molar-refractivity contribution in [2.24, 2.45) is 0 Å². The summed E-state index contributed by atoms with van der Waals surface area (Å²) in [6.45, 7) is 0. The molecule has 25 heavy (non-hydrogen) atoms. The Hall–Kier alpha value is -1.11. The minimum absolute atomic E-state index is 0.193. The first-order valence-corrected chi connectivity index (χ1v) is 9.38. The van der Waals surface area contributed by atoms with E-state index < -0.39 is 11.9 Å². The van der Waals surface area contributed by atoms with E-state index in [9.17, 15) is 9.59 Å². The Kier molecular flexibility index (Phi) is 7.72. The van der Waals surface area contributed by atoms with Crippen LogP contribution in [0.4, 0.5) is 0 Å². The second kappa shape index (κ2) is 9.55. The van der Waals surface area contributed by atoms with E-state index in [0.29, 0.717) is 9.79 Å². The first-order chi connectivity index (χ1) is 12.0. The number of halogens is 4. The van der Waals surface area contributed by atoms with Gasteiger partial charge in [-0.05, 0) is 24.3 Å². The van der Waals surface area contributed by atoms with E-state index in [-0.39, 0.29) is 33.3 Å². The Morgan fingerprint density at radius 2 is 1.20 bits per heavy atom. The van der Waals surface area contributed by atoms with E-state index in [1.807, 2.05) is 0 Å². The van der Waals surface area contributed by atoms with Crippen LogP contribution in [0.15, 0.2) is 46.2 Å². The van der Waals surface area contributed by atoms with E-state index in [0.717, 1.165) is 0 Å². The Labute approximate surface area is 168 Å². The Balaban J connectivity index is 2.28. The summed E-state index contributed by atoms with van der Waals surface area (Å²) in [6, 6.07) is 9.93. The summed E-state index contributed by atoms with van der Waals surface area (Å²) < 4.78 is 10.1. The van der Waals surface area contributed by atoms with Crippen LogP contribution in [0.25, 0.3) is 0 Å². The van der Waals surface area contributed by atoms with Crippen LogP contribution in [0.5, 0.6) is 11.5 Å². The third kappa shape index (κ3) is 5.43. The van der Waals surface area contributed by atoms with Crippen LogP contribution in [-0.2, 0) is 9.59 Å². The van der Waals surface area contributed by atoms with Gasteiger partial charge in [-0.15, -0.1) is 23.2 Å². The van der Waals surface area contributed by atoms with Crippen molar-refractivity contribution in [1.29, 1.82) is 0 Å². The highest BCUT2D eigenvalue weighted by atomic mass is 35.5. The van der Waals surface area contributed by atoms with Crippen molar-refractivity contribution in [2.75, 3.05) is 11.8 Å². The molecule has 0 aliphatic heterocycles. The zero-order valence-corrected chi connectivity index (χ0v) is 16.3. The summed E-state index contributed by atoms with van der Waals surface area (Å²) >= 11 is 24.6. The van der Waals surface area contributed by atoms with Crippen LogP contribution in [0.3, 0.4) is 0 Å². The number of carbonyl (C=O) groups excluding carboxylic acids is 2. The van der Waals surface area contributed by atoms with Crippen LogP contribution >= 0.6 is 58.2 Å². The van der Waals surface area contributed by atoms with Crippen molar-refractivity contribution in [3.8, 4) is 11.5 Å². The lowest BCUT2D eigenvalue weighted by Crippen LogP contribution is -2.09. The number of rotatable bonds is 6. The molecule has 0 aliphatic carbocycles. The molecule has 0 saturated heterocycles. The van der Waals surface area contributed by atoms with Crippen LogP contribution in [-0.4, -0.2) is 23.7 Å². The van der Waals surface area contributed by atoms with Crippen LogP contribution in [0.1, 0.15) is 0 Å². The van der Waals surface area contributed by atoms with Gasteiger partial charge in [0, 0.05) is 9.79 Å². The fourth-order valence-corrected chi connectivity index (χ4v) is 3.30. The topological polar surface area (TPSA) is 52.6 Å². The molecule has 132 valence electrons. The van der Waals surface area contributed by atoms with Crippen LogP contribution in [0, 0.1) is 0 Å². The molecule has 9 heteroatoms. The normalized spacial score (nSPS) is 10.4. The van der Waals surface area contributed by atoms with Gasteiger partial charge in [0.05, 0.1) is 10.0 Å². The molecule has 0 aliphatic rings. The molecule has 0 radical (unpaired) electrons. The molecule has 0 unspecified atom stereocenters. The van der Waals surface area contributed by atoms with Crippen molar-refractivity contribution in [3.05, 3.63) is 46.4 Å². The maximum atomic E-state index is 11.3. The Bertz CT molecular complexity index is 732. The highest BCUT2D eigenvalue weighted by molar-refractivity contribution is 7.99. The number of alkyl halides is 2. The van der Waals surface area contributed by atoms with E-state index in [1.165, 1.54) is 11.8 Å². The van der Waals surface area contributed by atoms with Gasteiger partial charge in [-0.1, -0.05) is 47.1 Å². The van der Waals surface area contributed by atoms with Gasteiger partial charge in [-0.2, -0.15) is 0 Å². The molecule has 2 aromatic rings. The van der Waals surface area contributed by atoms with E-state index >= 15 is 0 Å². The van der Waals surface area contributed by atoms with Gasteiger partial charge in [0.1, 0.15) is 11.8 Å². The zero-order chi connectivity index (χ0) is 18.4. The lowest BCUT2D eigenvalue weighted by molar-refractivity contribution is -0.132. The fourth-order valence-electron chi connectivity index (χ4n) is 1.71. The third-order valence-corrected chi connectivity index (χ3v) is 5.30. The van der Waals surface area contributed by atoms with Crippen molar-refractivity contribution >= 4 is 70.1 Å². The quantitative estimate of drug-likeness (QED) is 0.341.